The molecule has 3 saturated heterocycles. The van der Waals surface area contributed by atoms with Crippen molar-refractivity contribution in [3.63, 3.8) is 0 Å². The fraction of sp³-hybridized carbons (Fsp3) is 0.435. The summed E-state index contributed by atoms with van der Waals surface area (Å²) in [7, 11) is 1.50. The topological polar surface area (TPSA) is 126 Å². The number of hydrogen-bond acceptors (Lipinski definition) is 12. The Morgan fingerprint density at radius 1 is 0.672 bits per heavy atom. The minimum Gasteiger partial charge on any atom is -0.457 e. The highest BCUT2D eigenvalue weighted by Crippen LogP contribution is 2.43. The summed E-state index contributed by atoms with van der Waals surface area (Å²) >= 11 is 0. The van der Waals surface area contributed by atoms with Crippen LogP contribution in [0.5, 0.6) is 0 Å². The summed E-state index contributed by atoms with van der Waals surface area (Å²) in [5.74, 6) is -1.57. The lowest BCUT2D eigenvalue weighted by molar-refractivity contribution is -0.353. The predicted octanol–water partition coefficient (Wildman–Crippen LogP) is 6.50. The van der Waals surface area contributed by atoms with Crippen molar-refractivity contribution in [1.29, 1.82) is 0 Å². The Kier molecular flexibility index (Phi) is 14.7. The summed E-state index contributed by atoms with van der Waals surface area (Å²) in [5.41, 5.74) is 3.74. The van der Waals surface area contributed by atoms with Crippen molar-refractivity contribution in [3.8, 4) is 0 Å². The van der Waals surface area contributed by atoms with E-state index < -0.39 is 79.3 Å². The molecule has 0 aliphatic carbocycles. The van der Waals surface area contributed by atoms with E-state index in [4.69, 9.17) is 47.4 Å². The summed E-state index contributed by atoms with van der Waals surface area (Å²) in [4.78, 5) is 25.6. The van der Waals surface area contributed by atoms with Gasteiger partial charge in [-0.1, -0.05) is 121 Å². The quantitative estimate of drug-likeness (QED) is 0.108. The number of rotatable bonds is 17. The summed E-state index contributed by atoms with van der Waals surface area (Å²) < 4.78 is 63.8. The lowest BCUT2D eigenvalue weighted by Gasteiger charge is -2.49. The molecular weight excluding hydrogens is 744 g/mol. The van der Waals surface area contributed by atoms with Crippen molar-refractivity contribution in [2.45, 2.75) is 102 Å². The number of methoxy groups -OCH3 is 1. The van der Waals surface area contributed by atoms with Crippen LogP contribution in [0, 0.1) is 5.92 Å². The SMILES string of the molecule is CO[C@@H]1O[C@@H]2COC(c3ccccc3)O[C@H]2[C@H](C[C@H]2O[C@@H]([C@@H](COCc3ccccc3)OCc3ccccc3)[C@H](OCc3ccccc3)[C@H]2OC(C)=O)[C@H]1OC(C)=O. The molecule has 0 amide bonds. The lowest BCUT2D eigenvalue weighted by atomic mass is 9.82. The normalized spacial score (nSPS) is 28.6. The Hall–Kier alpha value is -4.50. The van der Waals surface area contributed by atoms with E-state index in [9.17, 15) is 9.59 Å². The number of carbonyl (C=O) groups is 2. The van der Waals surface area contributed by atoms with Gasteiger partial charge >= 0.3 is 11.9 Å². The molecule has 11 atom stereocenters. The molecule has 308 valence electrons. The molecule has 12 heteroatoms. The fourth-order valence-corrected chi connectivity index (χ4v) is 7.94. The largest absolute Gasteiger partial charge is 0.457 e. The molecule has 0 radical (unpaired) electrons. The van der Waals surface area contributed by atoms with Crippen LogP contribution in [0.2, 0.25) is 0 Å². The second kappa shape index (κ2) is 20.5. The van der Waals surface area contributed by atoms with Crippen molar-refractivity contribution in [3.05, 3.63) is 144 Å². The molecule has 0 aromatic heterocycles. The Morgan fingerprint density at radius 3 is 1.84 bits per heavy atom. The molecule has 4 aromatic rings. The second-order valence-electron chi connectivity index (χ2n) is 14.7. The minimum absolute atomic E-state index is 0.153. The van der Waals surface area contributed by atoms with Gasteiger partial charge in [-0.05, 0) is 23.1 Å². The molecule has 1 unspecified atom stereocenters. The molecular formula is C46H52O12. The van der Waals surface area contributed by atoms with E-state index in [1.165, 1.54) is 21.0 Å². The highest BCUT2D eigenvalue weighted by molar-refractivity contribution is 5.66. The average Bonchev–Trinajstić information content (AvgIpc) is 3.58. The van der Waals surface area contributed by atoms with Crippen molar-refractivity contribution in [1.82, 2.24) is 0 Å². The van der Waals surface area contributed by atoms with Crippen molar-refractivity contribution in [2.75, 3.05) is 20.3 Å². The van der Waals surface area contributed by atoms with Crippen LogP contribution in [-0.2, 0) is 76.8 Å². The number of fused-ring (bicyclic) bond motifs is 1. The minimum atomic E-state index is -0.932. The highest BCUT2D eigenvalue weighted by atomic mass is 16.8. The first-order valence-corrected chi connectivity index (χ1v) is 19.8. The van der Waals surface area contributed by atoms with Gasteiger partial charge in [-0.2, -0.15) is 0 Å². The van der Waals surface area contributed by atoms with E-state index in [0.29, 0.717) is 6.61 Å². The average molecular weight is 797 g/mol. The molecule has 12 nitrogen and oxygen atoms in total. The van der Waals surface area contributed by atoms with Crippen LogP contribution in [0.15, 0.2) is 121 Å². The van der Waals surface area contributed by atoms with Gasteiger partial charge in [0.1, 0.15) is 24.4 Å². The van der Waals surface area contributed by atoms with Gasteiger partial charge < -0.3 is 47.4 Å². The third kappa shape index (κ3) is 10.8. The summed E-state index contributed by atoms with van der Waals surface area (Å²) in [6.45, 7) is 3.90. The summed E-state index contributed by atoms with van der Waals surface area (Å²) in [6.07, 6.45) is -7.39. The zero-order valence-electron chi connectivity index (χ0n) is 33.0. The van der Waals surface area contributed by atoms with E-state index in [0.717, 1.165) is 22.3 Å². The van der Waals surface area contributed by atoms with Gasteiger partial charge in [0.15, 0.2) is 24.8 Å². The fourth-order valence-electron chi connectivity index (χ4n) is 7.94. The Labute approximate surface area is 339 Å². The molecule has 0 bridgehead atoms. The molecule has 0 N–H and O–H groups in total. The van der Waals surface area contributed by atoms with Crippen LogP contribution in [-0.4, -0.2) is 87.4 Å². The van der Waals surface area contributed by atoms with Crippen molar-refractivity contribution in [2.24, 2.45) is 5.92 Å². The molecule has 3 aliphatic rings. The smallest absolute Gasteiger partial charge is 0.303 e. The first-order chi connectivity index (χ1) is 28.4. The summed E-state index contributed by atoms with van der Waals surface area (Å²) in [6, 6.07) is 39.1. The third-order valence-corrected chi connectivity index (χ3v) is 10.6. The van der Waals surface area contributed by atoms with Gasteiger partial charge in [0, 0.05) is 32.4 Å². The van der Waals surface area contributed by atoms with Crippen LogP contribution >= 0.6 is 0 Å². The lowest BCUT2D eigenvalue weighted by Crippen LogP contribution is -2.61. The van der Waals surface area contributed by atoms with E-state index in [2.05, 4.69) is 0 Å². The van der Waals surface area contributed by atoms with E-state index in [-0.39, 0.29) is 32.8 Å². The number of carbonyl (C=O) groups excluding carboxylic acids is 2. The number of ether oxygens (including phenoxy) is 10. The van der Waals surface area contributed by atoms with Gasteiger partial charge in [0.2, 0.25) is 0 Å². The Balaban J connectivity index is 1.22. The van der Waals surface area contributed by atoms with Crippen LogP contribution in [0.25, 0.3) is 0 Å². The Morgan fingerprint density at radius 2 is 1.24 bits per heavy atom. The Bertz CT molecular complexity index is 1850. The molecule has 0 saturated carbocycles. The first-order valence-electron chi connectivity index (χ1n) is 19.8. The van der Waals surface area contributed by atoms with Gasteiger partial charge in [0.05, 0.1) is 45.2 Å². The number of hydrogen-bond donors (Lipinski definition) is 0. The predicted molar refractivity (Wildman–Crippen MR) is 210 cm³/mol. The molecule has 3 aliphatic heterocycles. The van der Waals surface area contributed by atoms with E-state index >= 15 is 0 Å². The second-order valence-corrected chi connectivity index (χ2v) is 14.7. The molecule has 7 rings (SSSR count). The van der Waals surface area contributed by atoms with Gasteiger partial charge in [-0.25, -0.2) is 0 Å². The first kappa shape index (κ1) is 41.7. The highest BCUT2D eigenvalue weighted by Gasteiger charge is 2.57. The van der Waals surface area contributed by atoms with Gasteiger partial charge in [0.25, 0.3) is 0 Å². The number of esters is 2. The molecule has 58 heavy (non-hydrogen) atoms. The molecule has 3 heterocycles. The number of benzene rings is 4. The van der Waals surface area contributed by atoms with E-state index in [1.54, 1.807) is 0 Å². The molecule has 0 spiro atoms. The van der Waals surface area contributed by atoms with E-state index in [1.807, 2.05) is 121 Å². The molecule has 4 aromatic carbocycles. The van der Waals surface area contributed by atoms with Crippen molar-refractivity contribution < 1.29 is 57.0 Å². The maximum atomic E-state index is 13.0. The van der Waals surface area contributed by atoms with Crippen LogP contribution in [0.3, 0.4) is 0 Å². The maximum Gasteiger partial charge on any atom is 0.303 e. The van der Waals surface area contributed by atoms with Gasteiger partial charge in [-0.15, -0.1) is 0 Å². The summed E-state index contributed by atoms with van der Waals surface area (Å²) in [5, 5.41) is 0. The zero-order chi connectivity index (χ0) is 40.3. The standard InChI is InChI=1S/C46H52O12/c1-30(47)54-41-36(40-39(57-46(41)49-3)29-53-45(58-40)35-22-14-7-15-23-35)24-37-42(55-31(2)48)44(52-27-34-20-12-6-13-21-34)43(56-37)38(51-26-33-18-10-5-11-19-33)28-50-25-32-16-8-4-9-17-32/h4-23,36-46H,24-29H2,1-3H3/t36-,37+,38+,39+,40-,41+,42-,43-,44+,45?,46+/m0/s1. The maximum absolute atomic E-state index is 13.0. The third-order valence-electron chi connectivity index (χ3n) is 10.6. The zero-order valence-corrected chi connectivity index (χ0v) is 33.0. The van der Waals surface area contributed by atoms with Crippen LogP contribution in [0.4, 0.5) is 0 Å². The van der Waals surface area contributed by atoms with Crippen molar-refractivity contribution >= 4 is 11.9 Å². The monoisotopic (exact) mass is 796 g/mol. The van der Waals surface area contributed by atoms with Gasteiger partial charge in [-0.3, -0.25) is 9.59 Å². The van der Waals surface area contributed by atoms with Crippen LogP contribution in [0.1, 0.15) is 48.8 Å². The van der Waals surface area contributed by atoms with Crippen LogP contribution < -0.4 is 0 Å². The molecule has 3 fully saturated rings.